The van der Waals surface area contributed by atoms with Crippen molar-refractivity contribution >= 4 is 40.3 Å². The molecule has 2 N–H and O–H groups in total. The summed E-state index contributed by atoms with van der Waals surface area (Å²) in [6.07, 6.45) is 1.42. The second-order valence-electron chi connectivity index (χ2n) is 7.27. The molecule has 2 rings (SSSR count). The highest BCUT2D eigenvalue weighted by Crippen LogP contribution is 2.27. The van der Waals surface area contributed by atoms with Crippen molar-refractivity contribution in [3.63, 3.8) is 0 Å². The minimum Gasteiger partial charge on any atom is -0.480 e. The Bertz CT molecular complexity index is 765. The fourth-order valence-corrected chi connectivity index (χ4v) is 4.31. The Morgan fingerprint density at radius 3 is 2.57 bits per heavy atom. The first-order valence-corrected chi connectivity index (χ1v) is 10.2. The predicted molar refractivity (Wildman–Crippen MR) is 108 cm³/mol. The summed E-state index contributed by atoms with van der Waals surface area (Å²) in [6.45, 7) is 4.86. The molecule has 0 fully saturated rings. The number of nitrogens with one attached hydrogen (secondary N) is 1. The fraction of sp³-hybridized carbons (Fsp3) is 0.500. The number of rotatable bonds is 7. The lowest BCUT2D eigenvalue weighted by Crippen LogP contribution is -2.51. The monoisotopic (exact) mass is 406 g/mol. The Morgan fingerprint density at radius 1 is 1.29 bits per heavy atom. The lowest BCUT2D eigenvalue weighted by molar-refractivity contribution is -0.137. The van der Waals surface area contributed by atoms with E-state index in [4.69, 9.17) is 0 Å². The van der Waals surface area contributed by atoms with E-state index in [9.17, 15) is 24.3 Å². The summed E-state index contributed by atoms with van der Waals surface area (Å²) in [4.78, 5) is 49.8. The first kappa shape index (κ1) is 21.9. The summed E-state index contributed by atoms with van der Waals surface area (Å²) in [5, 5.41) is 11.3. The summed E-state index contributed by atoms with van der Waals surface area (Å²) in [5.41, 5.74) is 1.43. The van der Waals surface area contributed by atoms with Crippen LogP contribution < -0.4 is 10.2 Å². The van der Waals surface area contributed by atoms with Gasteiger partial charge in [0.15, 0.2) is 5.12 Å². The first-order chi connectivity index (χ1) is 13.2. The SMILES string of the molecule is CC(=O)S[C@H](CC(C)C)C(=O)N[C@H]1CCc2ccccc2N(CC(=O)O)C1=O. The average Bonchev–Trinajstić information content (AvgIpc) is 2.72. The molecule has 0 bridgehead atoms. The molecule has 2 amide bonds. The molecule has 0 spiro atoms. The van der Waals surface area contributed by atoms with E-state index < -0.39 is 29.7 Å². The quantitative estimate of drug-likeness (QED) is 0.720. The number of carbonyl (C=O) groups excluding carboxylic acids is 3. The minimum atomic E-state index is -1.13. The molecule has 0 saturated carbocycles. The van der Waals surface area contributed by atoms with Crippen LogP contribution in [0, 0.1) is 5.92 Å². The van der Waals surface area contributed by atoms with E-state index in [0.717, 1.165) is 17.3 Å². The van der Waals surface area contributed by atoms with Gasteiger partial charge in [-0.3, -0.25) is 24.1 Å². The first-order valence-electron chi connectivity index (χ1n) is 9.27. The number of amides is 2. The molecule has 0 saturated heterocycles. The van der Waals surface area contributed by atoms with Crippen LogP contribution in [0.25, 0.3) is 0 Å². The van der Waals surface area contributed by atoms with Crippen LogP contribution in [0.4, 0.5) is 5.69 Å². The zero-order chi connectivity index (χ0) is 20.8. The van der Waals surface area contributed by atoms with Gasteiger partial charge in [0.1, 0.15) is 12.6 Å². The third-order valence-electron chi connectivity index (χ3n) is 4.44. The molecule has 1 aliphatic rings. The van der Waals surface area contributed by atoms with Gasteiger partial charge >= 0.3 is 5.97 Å². The van der Waals surface area contributed by atoms with Crippen molar-refractivity contribution in [1.29, 1.82) is 0 Å². The van der Waals surface area contributed by atoms with Crippen molar-refractivity contribution in [3.8, 4) is 0 Å². The molecule has 0 unspecified atom stereocenters. The number of thioether (sulfide) groups is 1. The molecule has 1 aliphatic heterocycles. The van der Waals surface area contributed by atoms with Crippen LogP contribution >= 0.6 is 11.8 Å². The van der Waals surface area contributed by atoms with Crippen LogP contribution in [-0.4, -0.2) is 45.8 Å². The second-order valence-corrected chi connectivity index (χ2v) is 8.65. The standard InChI is InChI=1S/C20H26N2O5S/c1-12(2)10-17(28-13(3)23)19(26)21-15-9-8-14-6-4-5-7-16(14)22(20(15)27)11-18(24)25/h4-7,12,15,17H,8-11H2,1-3H3,(H,21,26)(H,24,25)/t15-,17+/m0/s1. The van der Waals surface area contributed by atoms with Crippen LogP contribution in [-0.2, 0) is 25.6 Å². The summed E-state index contributed by atoms with van der Waals surface area (Å²) in [5.74, 6) is -1.73. The van der Waals surface area contributed by atoms with Gasteiger partial charge in [0.25, 0.3) is 0 Å². The van der Waals surface area contributed by atoms with Gasteiger partial charge in [0.2, 0.25) is 11.8 Å². The Labute approximate surface area is 168 Å². The van der Waals surface area contributed by atoms with E-state index in [-0.39, 0.29) is 16.9 Å². The average molecular weight is 407 g/mol. The number of fused-ring (bicyclic) bond motifs is 1. The largest absolute Gasteiger partial charge is 0.480 e. The van der Waals surface area contributed by atoms with E-state index in [0.29, 0.717) is 24.9 Å². The number of carboxylic acids is 1. The number of benzene rings is 1. The molecule has 0 aliphatic carbocycles. The van der Waals surface area contributed by atoms with Crippen LogP contribution in [0.15, 0.2) is 24.3 Å². The van der Waals surface area contributed by atoms with Gasteiger partial charge in [0, 0.05) is 12.6 Å². The highest BCUT2D eigenvalue weighted by Gasteiger charge is 2.34. The number of hydrogen-bond donors (Lipinski definition) is 2. The van der Waals surface area contributed by atoms with Crippen molar-refractivity contribution in [2.24, 2.45) is 5.92 Å². The van der Waals surface area contributed by atoms with Crippen LogP contribution in [0.5, 0.6) is 0 Å². The molecule has 1 heterocycles. The lowest BCUT2D eigenvalue weighted by Gasteiger charge is -2.26. The number of para-hydroxylation sites is 1. The van der Waals surface area contributed by atoms with Gasteiger partial charge in [0.05, 0.1) is 5.25 Å². The summed E-state index contributed by atoms with van der Waals surface area (Å²) in [7, 11) is 0. The van der Waals surface area contributed by atoms with Crippen molar-refractivity contribution in [3.05, 3.63) is 29.8 Å². The van der Waals surface area contributed by atoms with Gasteiger partial charge in [-0.25, -0.2) is 0 Å². The third kappa shape index (κ3) is 5.82. The van der Waals surface area contributed by atoms with E-state index in [1.807, 2.05) is 26.0 Å². The number of aryl methyl sites for hydroxylation is 1. The Hall–Kier alpha value is -2.35. The zero-order valence-corrected chi connectivity index (χ0v) is 17.1. The van der Waals surface area contributed by atoms with E-state index in [2.05, 4.69) is 5.32 Å². The van der Waals surface area contributed by atoms with Crippen LogP contribution in [0.2, 0.25) is 0 Å². The van der Waals surface area contributed by atoms with Gasteiger partial charge in [-0.15, -0.1) is 0 Å². The molecular formula is C20H26N2O5S. The number of nitrogens with zero attached hydrogens (tertiary/aromatic N) is 1. The van der Waals surface area contributed by atoms with Gasteiger partial charge < -0.3 is 10.4 Å². The molecular weight excluding hydrogens is 380 g/mol. The van der Waals surface area contributed by atoms with Crippen molar-refractivity contribution in [2.75, 3.05) is 11.4 Å². The molecule has 1 aromatic rings. The van der Waals surface area contributed by atoms with E-state index in [1.54, 1.807) is 12.1 Å². The maximum atomic E-state index is 13.0. The highest BCUT2D eigenvalue weighted by atomic mass is 32.2. The van der Waals surface area contributed by atoms with Gasteiger partial charge in [-0.05, 0) is 36.8 Å². The van der Waals surface area contributed by atoms with Crippen molar-refractivity contribution in [1.82, 2.24) is 5.32 Å². The Morgan fingerprint density at radius 2 is 1.96 bits per heavy atom. The topological polar surface area (TPSA) is 104 Å². The Kier molecular flexibility index (Phi) is 7.62. The second kappa shape index (κ2) is 9.73. The summed E-state index contributed by atoms with van der Waals surface area (Å²) in [6, 6.07) is 6.33. The molecule has 1 aromatic carbocycles. The van der Waals surface area contributed by atoms with Gasteiger partial charge in [-0.2, -0.15) is 0 Å². The van der Waals surface area contributed by atoms with Crippen LogP contribution in [0.3, 0.4) is 0 Å². The molecule has 7 nitrogen and oxygen atoms in total. The lowest BCUT2D eigenvalue weighted by atomic mass is 10.0. The highest BCUT2D eigenvalue weighted by molar-refractivity contribution is 8.14. The number of aliphatic carboxylic acids is 1. The maximum Gasteiger partial charge on any atom is 0.323 e. The fourth-order valence-electron chi connectivity index (χ4n) is 3.25. The number of carbonyl (C=O) groups is 4. The van der Waals surface area contributed by atoms with E-state index >= 15 is 0 Å². The molecule has 152 valence electrons. The minimum absolute atomic E-state index is 0.159. The van der Waals surface area contributed by atoms with Gasteiger partial charge in [-0.1, -0.05) is 43.8 Å². The zero-order valence-electron chi connectivity index (χ0n) is 16.3. The normalized spacial score (nSPS) is 17.6. The molecule has 0 aromatic heterocycles. The van der Waals surface area contributed by atoms with Crippen molar-refractivity contribution in [2.45, 2.75) is 51.3 Å². The van der Waals surface area contributed by atoms with Crippen molar-refractivity contribution < 1.29 is 24.3 Å². The molecule has 8 heteroatoms. The number of carboxylic acid groups (broad SMARTS) is 1. The van der Waals surface area contributed by atoms with Crippen LogP contribution in [0.1, 0.15) is 39.2 Å². The molecule has 0 radical (unpaired) electrons. The summed E-state index contributed by atoms with van der Waals surface area (Å²) < 4.78 is 0. The smallest absolute Gasteiger partial charge is 0.323 e. The van der Waals surface area contributed by atoms with E-state index in [1.165, 1.54) is 11.8 Å². The number of hydrogen-bond acceptors (Lipinski definition) is 5. The molecule has 2 atom stereocenters. The maximum absolute atomic E-state index is 13.0. The molecule has 28 heavy (non-hydrogen) atoms. The number of anilines is 1. The third-order valence-corrected chi connectivity index (χ3v) is 5.47. The summed E-state index contributed by atoms with van der Waals surface area (Å²) >= 11 is 0.960. The Balaban J connectivity index is 2.23. The predicted octanol–water partition coefficient (Wildman–Crippen LogP) is 2.23.